The maximum absolute atomic E-state index is 14.1. The first-order chi connectivity index (χ1) is 8.34. The third-order valence-corrected chi connectivity index (χ3v) is 3.20. The van der Waals surface area contributed by atoms with E-state index in [-0.39, 0.29) is 10.4 Å². The molecule has 0 aliphatic carbocycles. The molecule has 2 aromatic rings. The average Bonchev–Trinajstić information content (AvgIpc) is 2.31. The van der Waals surface area contributed by atoms with Crippen LogP contribution in [0.1, 0.15) is 26.5 Å². The van der Waals surface area contributed by atoms with E-state index in [1.165, 1.54) is 0 Å². The highest BCUT2D eigenvalue weighted by Gasteiger charge is 2.19. The first-order valence-electron chi connectivity index (χ1n) is 5.81. The number of benzene rings is 1. The summed E-state index contributed by atoms with van der Waals surface area (Å²) < 4.78 is 14.1. The summed E-state index contributed by atoms with van der Waals surface area (Å²) >= 11 is 5.81. The highest BCUT2D eigenvalue weighted by atomic mass is 35.5. The molecule has 2 rings (SSSR count). The molecule has 0 atom stereocenters. The van der Waals surface area contributed by atoms with E-state index in [4.69, 9.17) is 11.6 Å². The number of rotatable bonds is 1. The fourth-order valence-electron chi connectivity index (χ4n) is 1.82. The molecule has 0 radical (unpaired) electrons. The van der Waals surface area contributed by atoms with E-state index in [2.05, 4.69) is 10.3 Å². The molecule has 0 saturated carbocycles. The van der Waals surface area contributed by atoms with E-state index in [9.17, 15) is 4.39 Å². The largest absolute Gasteiger partial charge is 0.388 e. The van der Waals surface area contributed by atoms with Gasteiger partial charge < -0.3 is 5.32 Å². The van der Waals surface area contributed by atoms with Gasteiger partial charge in [-0.05, 0) is 18.2 Å². The van der Waals surface area contributed by atoms with E-state index in [1.54, 1.807) is 12.1 Å². The molecule has 0 fully saturated rings. The van der Waals surface area contributed by atoms with Gasteiger partial charge in [-0.2, -0.15) is 0 Å². The van der Waals surface area contributed by atoms with Crippen LogP contribution < -0.4 is 5.32 Å². The molecule has 96 valence electrons. The summed E-state index contributed by atoms with van der Waals surface area (Å²) in [5, 5.41) is 3.92. The smallest absolute Gasteiger partial charge is 0.168 e. The topological polar surface area (TPSA) is 24.9 Å². The Morgan fingerprint density at radius 1 is 1.28 bits per heavy atom. The molecule has 18 heavy (non-hydrogen) atoms. The first-order valence-corrected chi connectivity index (χ1v) is 6.19. The van der Waals surface area contributed by atoms with Gasteiger partial charge in [0.25, 0.3) is 0 Å². The number of anilines is 1. The van der Waals surface area contributed by atoms with Crippen molar-refractivity contribution in [1.82, 2.24) is 4.98 Å². The Kier molecular flexibility index (Phi) is 3.20. The lowest BCUT2D eigenvalue weighted by molar-refractivity contribution is 0.569. The van der Waals surface area contributed by atoms with Crippen LogP contribution in [0.2, 0.25) is 5.02 Å². The van der Waals surface area contributed by atoms with Gasteiger partial charge in [-0.3, -0.25) is 0 Å². The predicted octanol–water partition coefficient (Wildman–Crippen LogP) is 4.37. The molecule has 0 aliphatic rings. The zero-order valence-corrected chi connectivity index (χ0v) is 11.7. The molecule has 4 heteroatoms. The van der Waals surface area contributed by atoms with Crippen molar-refractivity contribution in [3.05, 3.63) is 34.7 Å². The van der Waals surface area contributed by atoms with Gasteiger partial charge in [0.2, 0.25) is 0 Å². The molecule has 0 amide bonds. The Bertz CT molecular complexity index is 603. The molecule has 0 saturated heterocycles. The van der Waals surface area contributed by atoms with Crippen LogP contribution in [0.25, 0.3) is 10.9 Å². The standard InChI is InChI=1S/C14H16ClFN2/c1-14(2,3)11-7-10(17-4)8-5-6-9(15)12(16)13(8)18-11/h5-7H,1-4H3,(H,17,18). The zero-order chi connectivity index (χ0) is 13.5. The second-order valence-corrected chi connectivity index (χ2v) is 5.72. The summed E-state index contributed by atoms with van der Waals surface area (Å²) in [6.45, 7) is 6.13. The Hall–Kier alpha value is -1.35. The van der Waals surface area contributed by atoms with Crippen LogP contribution in [-0.4, -0.2) is 12.0 Å². The van der Waals surface area contributed by atoms with E-state index in [0.29, 0.717) is 5.52 Å². The number of nitrogens with zero attached hydrogens (tertiary/aromatic N) is 1. The van der Waals surface area contributed by atoms with Crippen molar-refractivity contribution in [3.8, 4) is 0 Å². The van der Waals surface area contributed by atoms with Gasteiger partial charge in [-0.15, -0.1) is 0 Å². The van der Waals surface area contributed by atoms with Gasteiger partial charge >= 0.3 is 0 Å². The summed E-state index contributed by atoms with van der Waals surface area (Å²) in [7, 11) is 1.81. The Morgan fingerprint density at radius 3 is 2.50 bits per heavy atom. The third kappa shape index (κ3) is 2.15. The average molecular weight is 267 g/mol. The van der Waals surface area contributed by atoms with Gasteiger partial charge in [0.15, 0.2) is 5.82 Å². The van der Waals surface area contributed by atoms with Crippen LogP contribution in [0.3, 0.4) is 0 Å². The maximum atomic E-state index is 14.1. The second kappa shape index (κ2) is 4.39. The second-order valence-electron chi connectivity index (χ2n) is 5.31. The quantitative estimate of drug-likeness (QED) is 0.829. The Labute approximate surface area is 111 Å². The molecule has 0 bridgehead atoms. The lowest BCUT2D eigenvalue weighted by Gasteiger charge is -2.20. The lowest BCUT2D eigenvalue weighted by Crippen LogP contribution is -2.14. The summed E-state index contributed by atoms with van der Waals surface area (Å²) in [5.41, 5.74) is 1.87. The molecule has 1 N–H and O–H groups in total. The van der Waals surface area contributed by atoms with Crippen molar-refractivity contribution in [1.29, 1.82) is 0 Å². The molecular weight excluding hydrogens is 251 g/mol. The number of pyridine rings is 1. The van der Waals surface area contributed by atoms with Crippen molar-refractivity contribution in [2.75, 3.05) is 12.4 Å². The molecule has 0 unspecified atom stereocenters. The molecule has 0 spiro atoms. The summed E-state index contributed by atoms with van der Waals surface area (Å²) in [6, 6.07) is 5.29. The van der Waals surface area contributed by atoms with Crippen LogP contribution >= 0.6 is 11.6 Å². The maximum Gasteiger partial charge on any atom is 0.168 e. The minimum absolute atomic E-state index is 0.100. The van der Waals surface area contributed by atoms with Gasteiger partial charge in [0, 0.05) is 29.2 Å². The SMILES string of the molecule is CNc1cc(C(C)(C)C)nc2c(F)c(Cl)ccc12. The Morgan fingerprint density at radius 2 is 1.94 bits per heavy atom. The monoisotopic (exact) mass is 266 g/mol. The van der Waals surface area contributed by atoms with E-state index >= 15 is 0 Å². The van der Waals surface area contributed by atoms with Crippen LogP contribution in [0.15, 0.2) is 18.2 Å². The van der Waals surface area contributed by atoms with Gasteiger partial charge in [-0.25, -0.2) is 9.37 Å². The number of aromatic nitrogens is 1. The zero-order valence-electron chi connectivity index (χ0n) is 10.9. The highest BCUT2D eigenvalue weighted by Crippen LogP contribution is 2.32. The number of nitrogens with one attached hydrogen (secondary N) is 1. The fourth-order valence-corrected chi connectivity index (χ4v) is 1.98. The number of hydrogen-bond acceptors (Lipinski definition) is 2. The fraction of sp³-hybridized carbons (Fsp3) is 0.357. The van der Waals surface area contributed by atoms with E-state index in [0.717, 1.165) is 16.8 Å². The minimum atomic E-state index is -0.461. The highest BCUT2D eigenvalue weighted by molar-refractivity contribution is 6.31. The summed E-state index contributed by atoms with van der Waals surface area (Å²) in [6.07, 6.45) is 0. The number of fused-ring (bicyclic) bond motifs is 1. The lowest BCUT2D eigenvalue weighted by atomic mass is 9.90. The Balaban J connectivity index is 2.85. The van der Waals surface area contributed by atoms with Crippen molar-refractivity contribution < 1.29 is 4.39 Å². The summed E-state index contributed by atoms with van der Waals surface area (Å²) in [4.78, 5) is 4.42. The molecule has 2 nitrogen and oxygen atoms in total. The van der Waals surface area contributed by atoms with Gasteiger partial charge in [0.1, 0.15) is 5.52 Å². The van der Waals surface area contributed by atoms with Gasteiger partial charge in [-0.1, -0.05) is 32.4 Å². The van der Waals surface area contributed by atoms with Crippen molar-refractivity contribution in [2.45, 2.75) is 26.2 Å². The molecule has 1 heterocycles. The van der Waals surface area contributed by atoms with Crippen LogP contribution in [0.5, 0.6) is 0 Å². The number of hydrogen-bond donors (Lipinski definition) is 1. The van der Waals surface area contributed by atoms with Crippen LogP contribution in [-0.2, 0) is 5.41 Å². The van der Waals surface area contributed by atoms with E-state index < -0.39 is 5.82 Å². The van der Waals surface area contributed by atoms with Crippen LogP contribution in [0, 0.1) is 5.82 Å². The predicted molar refractivity (Wildman–Crippen MR) is 75.0 cm³/mol. The van der Waals surface area contributed by atoms with Crippen molar-refractivity contribution in [3.63, 3.8) is 0 Å². The van der Waals surface area contributed by atoms with Gasteiger partial charge in [0.05, 0.1) is 5.02 Å². The summed E-state index contributed by atoms with van der Waals surface area (Å²) in [5.74, 6) is -0.461. The molecular formula is C14H16ClFN2. The van der Waals surface area contributed by atoms with E-state index in [1.807, 2.05) is 33.9 Å². The minimum Gasteiger partial charge on any atom is -0.388 e. The van der Waals surface area contributed by atoms with Crippen molar-refractivity contribution in [2.24, 2.45) is 0 Å². The normalized spacial score (nSPS) is 11.9. The van der Waals surface area contributed by atoms with Crippen LogP contribution in [0.4, 0.5) is 10.1 Å². The number of halogens is 2. The molecule has 0 aliphatic heterocycles. The van der Waals surface area contributed by atoms with Crippen molar-refractivity contribution >= 4 is 28.2 Å². The third-order valence-electron chi connectivity index (χ3n) is 2.91. The molecule has 1 aromatic heterocycles. The molecule has 1 aromatic carbocycles. The first kappa shape index (κ1) is 13.1.